The zero-order valence-corrected chi connectivity index (χ0v) is 12.8. The van der Waals surface area contributed by atoms with Gasteiger partial charge in [-0.15, -0.1) is 0 Å². The molecule has 1 aliphatic rings. The van der Waals surface area contributed by atoms with E-state index in [1.807, 2.05) is 6.92 Å². The van der Waals surface area contributed by atoms with Crippen molar-refractivity contribution in [1.82, 2.24) is 0 Å². The van der Waals surface area contributed by atoms with Crippen LogP contribution in [0, 0.1) is 17.8 Å². The average Bonchev–Trinajstić information content (AvgIpc) is 2.28. The van der Waals surface area contributed by atoms with E-state index in [1.54, 1.807) is 0 Å². The molecule has 19 heavy (non-hydrogen) atoms. The van der Waals surface area contributed by atoms with Gasteiger partial charge in [-0.25, -0.2) is 0 Å². The molecular weight excluding hydrogens is 240 g/mol. The molecule has 1 saturated carbocycles. The molecule has 3 atom stereocenters. The largest absolute Gasteiger partial charge is 0.462 e. The molecule has 0 spiro atoms. The van der Waals surface area contributed by atoms with Crippen molar-refractivity contribution in [3.63, 3.8) is 0 Å². The van der Waals surface area contributed by atoms with Gasteiger partial charge in [0.05, 0.1) is 0 Å². The van der Waals surface area contributed by atoms with Crippen LogP contribution in [0.2, 0.25) is 0 Å². The molecule has 0 saturated heterocycles. The molecule has 1 rings (SSSR count). The summed E-state index contributed by atoms with van der Waals surface area (Å²) in [4.78, 5) is 23.3. The van der Waals surface area contributed by atoms with E-state index in [9.17, 15) is 9.59 Å². The van der Waals surface area contributed by atoms with Gasteiger partial charge < -0.3 is 4.74 Å². The number of ketones is 1. The Morgan fingerprint density at radius 3 is 2.53 bits per heavy atom. The highest BCUT2D eigenvalue weighted by molar-refractivity contribution is 5.95. The van der Waals surface area contributed by atoms with E-state index in [4.69, 9.17) is 4.74 Å². The van der Waals surface area contributed by atoms with E-state index in [0.717, 1.165) is 19.3 Å². The van der Waals surface area contributed by atoms with Crippen molar-refractivity contribution in [2.24, 2.45) is 17.8 Å². The van der Waals surface area contributed by atoms with Crippen molar-refractivity contribution in [2.75, 3.05) is 0 Å². The van der Waals surface area contributed by atoms with Crippen LogP contribution < -0.4 is 0 Å². The first-order chi connectivity index (χ1) is 8.93. The summed E-state index contributed by atoms with van der Waals surface area (Å²) in [6.07, 6.45) is 4.50. The van der Waals surface area contributed by atoms with Gasteiger partial charge in [0.1, 0.15) is 18.3 Å². The maximum Gasteiger partial charge on any atom is 0.313 e. The fraction of sp³-hybridized carbons (Fsp3) is 0.875. The summed E-state index contributed by atoms with van der Waals surface area (Å²) in [5, 5.41) is 0. The number of hydrogen-bond donors (Lipinski definition) is 0. The van der Waals surface area contributed by atoms with Gasteiger partial charge in [0, 0.05) is 6.42 Å². The first kappa shape index (κ1) is 16.2. The van der Waals surface area contributed by atoms with Gasteiger partial charge in [-0.1, -0.05) is 34.1 Å². The second-order valence-corrected chi connectivity index (χ2v) is 6.32. The molecule has 3 nitrogen and oxygen atoms in total. The Balaban J connectivity index is 2.51. The van der Waals surface area contributed by atoms with Gasteiger partial charge >= 0.3 is 5.97 Å². The topological polar surface area (TPSA) is 43.4 Å². The second-order valence-electron chi connectivity index (χ2n) is 6.32. The summed E-state index contributed by atoms with van der Waals surface area (Å²) in [7, 11) is 0. The Morgan fingerprint density at radius 1 is 1.26 bits per heavy atom. The number of esters is 1. The molecule has 0 aliphatic heterocycles. The maximum atomic E-state index is 11.8. The van der Waals surface area contributed by atoms with Gasteiger partial charge in [-0.2, -0.15) is 0 Å². The molecule has 1 unspecified atom stereocenters. The number of carbonyl (C=O) groups is 2. The van der Waals surface area contributed by atoms with E-state index >= 15 is 0 Å². The normalized spacial score (nSPS) is 27.3. The predicted molar refractivity (Wildman–Crippen MR) is 75.8 cm³/mol. The average molecular weight is 268 g/mol. The minimum atomic E-state index is -0.330. The van der Waals surface area contributed by atoms with Crippen LogP contribution in [0.3, 0.4) is 0 Å². The third-order valence-corrected chi connectivity index (χ3v) is 4.11. The summed E-state index contributed by atoms with van der Waals surface area (Å²) < 4.78 is 5.59. The number of ether oxygens (including phenoxy) is 1. The summed E-state index contributed by atoms with van der Waals surface area (Å²) in [6, 6.07) is 0. The molecule has 1 aliphatic carbocycles. The highest BCUT2D eigenvalue weighted by Gasteiger charge is 2.33. The third-order valence-electron chi connectivity index (χ3n) is 4.11. The lowest BCUT2D eigenvalue weighted by Crippen LogP contribution is -2.36. The van der Waals surface area contributed by atoms with E-state index < -0.39 is 0 Å². The Kier molecular flexibility index (Phi) is 6.53. The minimum absolute atomic E-state index is 0.00236. The first-order valence-electron chi connectivity index (χ1n) is 7.65. The van der Waals surface area contributed by atoms with Crippen LogP contribution in [0.1, 0.15) is 66.2 Å². The fourth-order valence-corrected chi connectivity index (χ4v) is 2.99. The standard InChI is InChI=1S/C16H28O3/c1-5-6-13(17)10-16(18)19-15-9-12(4)7-8-14(15)11(2)3/h11-12,14-15H,5-10H2,1-4H3/t12-,14?,15-/m0/s1. The maximum absolute atomic E-state index is 11.8. The Morgan fingerprint density at radius 2 is 1.95 bits per heavy atom. The van der Waals surface area contributed by atoms with Crippen LogP contribution in [0.15, 0.2) is 0 Å². The van der Waals surface area contributed by atoms with Crippen LogP contribution in [-0.4, -0.2) is 17.9 Å². The first-order valence-corrected chi connectivity index (χ1v) is 7.65. The second kappa shape index (κ2) is 7.66. The molecule has 0 heterocycles. The smallest absolute Gasteiger partial charge is 0.313 e. The fourth-order valence-electron chi connectivity index (χ4n) is 2.99. The number of Topliss-reactive ketones (excluding diaryl/α,β-unsaturated/α-hetero) is 1. The molecule has 0 N–H and O–H groups in total. The summed E-state index contributed by atoms with van der Waals surface area (Å²) in [5.74, 6) is 1.25. The molecule has 0 radical (unpaired) electrons. The lowest BCUT2D eigenvalue weighted by atomic mass is 9.75. The van der Waals surface area contributed by atoms with E-state index in [1.165, 1.54) is 6.42 Å². The minimum Gasteiger partial charge on any atom is -0.462 e. The zero-order chi connectivity index (χ0) is 14.4. The third kappa shape index (κ3) is 5.33. The van der Waals surface area contributed by atoms with Crippen molar-refractivity contribution >= 4 is 11.8 Å². The predicted octanol–water partition coefficient (Wildman–Crippen LogP) is 3.75. The van der Waals surface area contributed by atoms with Crippen LogP contribution in [0.25, 0.3) is 0 Å². The molecular formula is C16H28O3. The Bertz CT molecular complexity index is 309. The van der Waals surface area contributed by atoms with Crippen LogP contribution in [-0.2, 0) is 14.3 Å². The van der Waals surface area contributed by atoms with Crippen LogP contribution in [0.4, 0.5) is 0 Å². The molecule has 110 valence electrons. The summed E-state index contributed by atoms with van der Waals surface area (Å²) >= 11 is 0. The van der Waals surface area contributed by atoms with Gasteiger partial charge in [-0.05, 0) is 37.0 Å². The molecule has 0 aromatic heterocycles. The SMILES string of the molecule is CCCC(=O)CC(=O)O[C@H]1C[C@@H](C)CCC1C(C)C. The van der Waals surface area contributed by atoms with E-state index in [-0.39, 0.29) is 24.3 Å². The monoisotopic (exact) mass is 268 g/mol. The quantitative estimate of drug-likeness (QED) is 0.544. The zero-order valence-electron chi connectivity index (χ0n) is 12.8. The lowest BCUT2D eigenvalue weighted by molar-refractivity contribution is -0.157. The molecule has 0 amide bonds. The lowest BCUT2D eigenvalue weighted by Gasteiger charge is -2.36. The van der Waals surface area contributed by atoms with Gasteiger partial charge in [0.25, 0.3) is 0 Å². The Hall–Kier alpha value is -0.860. The molecule has 3 heteroatoms. The molecule has 0 aromatic rings. The van der Waals surface area contributed by atoms with Gasteiger partial charge in [0.15, 0.2) is 0 Å². The summed E-state index contributed by atoms with van der Waals surface area (Å²) in [6.45, 7) is 8.52. The van der Waals surface area contributed by atoms with Gasteiger partial charge in [-0.3, -0.25) is 9.59 Å². The van der Waals surface area contributed by atoms with Crippen molar-refractivity contribution in [3.05, 3.63) is 0 Å². The van der Waals surface area contributed by atoms with Crippen molar-refractivity contribution in [2.45, 2.75) is 72.3 Å². The van der Waals surface area contributed by atoms with Crippen LogP contribution >= 0.6 is 0 Å². The number of rotatable bonds is 6. The molecule has 0 aromatic carbocycles. The van der Waals surface area contributed by atoms with Crippen LogP contribution in [0.5, 0.6) is 0 Å². The van der Waals surface area contributed by atoms with Crippen molar-refractivity contribution in [1.29, 1.82) is 0 Å². The summed E-state index contributed by atoms with van der Waals surface area (Å²) in [5.41, 5.74) is 0. The van der Waals surface area contributed by atoms with E-state index in [2.05, 4.69) is 20.8 Å². The Labute approximate surface area is 117 Å². The van der Waals surface area contributed by atoms with Gasteiger partial charge in [0.2, 0.25) is 0 Å². The molecule has 1 fully saturated rings. The molecule has 0 bridgehead atoms. The number of carbonyl (C=O) groups excluding carboxylic acids is 2. The number of hydrogen-bond acceptors (Lipinski definition) is 3. The highest BCUT2D eigenvalue weighted by atomic mass is 16.5. The van der Waals surface area contributed by atoms with Crippen molar-refractivity contribution < 1.29 is 14.3 Å². The van der Waals surface area contributed by atoms with Crippen molar-refractivity contribution in [3.8, 4) is 0 Å². The van der Waals surface area contributed by atoms with E-state index in [0.29, 0.717) is 24.2 Å². The highest BCUT2D eigenvalue weighted by Crippen LogP contribution is 2.35.